The molecule has 0 spiro atoms. The van der Waals surface area contributed by atoms with Gasteiger partial charge < -0.3 is 0 Å². The van der Waals surface area contributed by atoms with Crippen molar-refractivity contribution >= 4 is 57.2 Å². The van der Waals surface area contributed by atoms with Gasteiger partial charge in [0.25, 0.3) is 0 Å². The van der Waals surface area contributed by atoms with E-state index in [2.05, 4.69) is 144 Å². The van der Waals surface area contributed by atoms with Gasteiger partial charge in [0.15, 0.2) is 0 Å². The summed E-state index contributed by atoms with van der Waals surface area (Å²) < 4.78 is 2.20. The summed E-state index contributed by atoms with van der Waals surface area (Å²) in [5.41, 5.74) is 17.4. The van der Waals surface area contributed by atoms with E-state index in [1.807, 2.05) is 0 Å². The van der Waals surface area contributed by atoms with Crippen molar-refractivity contribution < 1.29 is 0 Å². The summed E-state index contributed by atoms with van der Waals surface area (Å²) in [5.74, 6) is 1.35. The quantitative estimate of drug-likeness (QED) is 0.180. The Kier molecular flexibility index (Phi) is 11.7. The van der Waals surface area contributed by atoms with Gasteiger partial charge >= 0.3 is 0 Å². The number of allylic oxidation sites excluding steroid dienone is 2. The fourth-order valence-corrected chi connectivity index (χ4v) is 15.8. The third-order valence-corrected chi connectivity index (χ3v) is 18.0. The summed E-state index contributed by atoms with van der Waals surface area (Å²) in [7, 11) is -0.218. The Bertz CT molecular complexity index is 1700. The van der Waals surface area contributed by atoms with Gasteiger partial charge in [-0.2, -0.15) is 0 Å². The SMILES string of the molecule is Cc1cc(C)c(N2C(Br)=C(Br)N(c3c(C)cc(C)cc3C)C2=C2C(=Cc3ccccc3)CCCC2P(C2CCCCC2)C2CCCCC2)c(C)c1. The van der Waals surface area contributed by atoms with Crippen LogP contribution in [0.4, 0.5) is 11.4 Å². The molecule has 3 aliphatic carbocycles. The first-order valence-corrected chi connectivity index (χ1v) is 22.9. The Labute approximate surface area is 326 Å². The number of benzene rings is 3. The van der Waals surface area contributed by atoms with Gasteiger partial charge in [-0.1, -0.05) is 118 Å². The molecule has 2 nitrogen and oxygen atoms in total. The molecule has 1 heterocycles. The van der Waals surface area contributed by atoms with Crippen LogP contribution in [-0.4, -0.2) is 17.0 Å². The van der Waals surface area contributed by atoms with Gasteiger partial charge in [0, 0.05) is 11.2 Å². The summed E-state index contributed by atoms with van der Waals surface area (Å²) in [6.45, 7) is 13.7. The molecule has 0 saturated heterocycles. The van der Waals surface area contributed by atoms with E-state index in [1.54, 1.807) is 11.1 Å². The van der Waals surface area contributed by atoms with Crippen molar-refractivity contribution in [3.63, 3.8) is 0 Å². The molecule has 51 heavy (non-hydrogen) atoms. The lowest BCUT2D eigenvalue weighted by Gasteiger charge is -2.47. The summed E-state index contributed by atoms with van der Waals surface area (Å²) in [6.07, 6.45) is 20.5. The van der Waals surface area contributed by atoms with Crippen LogP contribution in [0.2, 0.25) is 0 Å². The van der Waals surface area contributed by atoms with Gasteiger partial charge in [-0.3, -0.25) is 9.80 Å². The average Bonchev–Trinajstić information content (AvgIpc) is 3.34. The van der Waals surface area contributed by atoms with E-state index >= 15 is 0 Å². The van der Waals surface area contributed by atoms with Crippen molar-refractivity contribution in [1.82, 2.24) is 0 Å². The molecule has 1 unspecified atom stereocenters. The van der Waals surface area contributed by atoms with Crippen LogP contribution in [0.15, 0.2) is 80.8 Å². The van der Waals surface area contributed by atoms with Crippen LogP contribution < -0.4 is 9.80 Å². The molecule has 0 radical (unpaired) electrons. The van der Waals surface area contributed by atoms with Gasteiger partial charge in [0.05, 0.1) is 11.4 Å². The van der Waals surface area contributed by atoms with Gasteiger partial charge in [0.2, 0.25) is 0 Å². The van der Waals surface area contributed by atoms with Crippen LogP contribution in [0.3, 0.4) is 0 Å². The normalized spacial score (nSPS) is 21.9. The number of halogens is 2. The van der Waals surface area contributed by atoms with Gasteiger partial charge in [-0.25, -0.2) is 0 Å². The van der Waals surface area contributed by atoms with Crippen molar-refractivity contribution in [2.24, 2.45) is 0 Å². The molecule has 0 aromatic heterocycles. The fourth-order valence-electron chi connectivity index (χ4n) is 10.2. The molecule has 1 aliphatic heterocycles. The van der Waals surface area contributed by atoms with E-state index in [0.717, 1.165) is 27.0 Å². The Morgan fingerprint density at radius 2 is 1.04 bits per heavy atom. The van der Waals surface area contributed by atoms with E-state index in [9.17, 15) is 0 Å². The average molecular weight is 829 g/mol. The molecular formula is C46H57Br2N2P. The molecule has 3 saturated carbocycles. The molecule has 7 rings (SSSR count). The first-order chi connectivity index (χ1) is 24.6. The molecular weight excluding hydrogens is 771 g/mol. The molecule has 4 aliphatic rings. The topological polar surface area (TPSA) is 6.48 Å². The maximum absolute atomic E-state index is 4.27. The number of hydrogen-bond donors (Lipinski definition) is 0. The van der Waals surface area contributed by atoms with Crippen molar-refractivity contribution in [2.45, 2.75) is 142 Å². The van der Waals surface area contributed by atoms with Crippen LogP contribution in [-0.2, 0) is 0 Å². The van der Waals surface area contributed by atoms with Crippen molar-refractivity contribution in [3.8, 4) is 0 Å². The molecule has 0 amide bonds. The Balaban J connectivity index is 1.57. The minimum Gasteiger partial charge on any atom is -0.287 e. The first kappa shape index (κ1) is 37.2. The predicted octanol–water partition coefficient (Wildman–Crippen LogP) is 14.8. The Morgan fingerprint density at radius 1 is 0.588 bits per heavy atom. The number of nitrogens with zero attached hydrogens (tertiary/aromatic N) is 2. The van der Waals surface area contributed by atoms with E-state index in [1.165, 1.54) is 133 Å². The first-order valence-electron chi connectivity index (χ1n) is 19.7. The van der Waals surface area contributed by atoms with Crippen molar-refractivity contribution in [3.05, 3.63) is 120 Å². The zero-order valence-electron chi connectivity index (χ0n) is 31.8. The van der Waals surface area contributed by atoms with Gasteiger partial charge in [-0.05, 0) is 163 Å². The zero-order valence-corrected chi connectivity index (χ0v) is 35.9. The molecule has 1 atom stereocenters. The highest BCUT2D eigenvalue weighted by Crippen LogP contribution is 2.65. The highest BCUT2D eigenvalue weighted by molar-refractivity contribution is 9.14. The zero-order chi connectivity index (χ0) is 35.8. The number of hydrogen-bond acceptors (Lipinski definition) is 2. The smallest absolute Gasteiger partial charge is 0.127 e. The van der Waals surface area contributed by atoms with Gasteiger partial charge in [0.1, 0.15) is 15.0 Å². The Morgan fingerprint density at radius 3 is 1.49 bits per heavy atom. The molecule has 270 valence electrons. The van der Waals surface area contributed by atoms with Crippen molar-refractivity contribution in [2.75, 3.05) is 9.80 Å². The monoisotopic (exact) mass is 826 g/mol. The summed E-state index contributed by atoms with van der Waals surface area (Å²) in [6, 6.07) is 20.7. The van der Waals surface area contributed by atoms with Crippen LogP contribution >= 0.6 is 39.8 Å². The maximum atomic E-state index is 4.27. The largest absolute Gasteiger partial charge is 0.287 e. The molecule has 3 aromatic rings. The highest BCUT2D eigenvalue weighted by atomic mass is 79.9. The Hall–Kier alpha value is -2.13. The third-order valence-electron chi connectivity index (χ3n) is 12.0. The standard InChI is InChI=1S/C46H57Br2N2P/c1-30-25-32(3)42(33(4)26-30)49-44(47)45(48)50(43-34(5)27-31(2)28-35(43)6)46(49)41-37(29-36-17-10-7-11-18-36)19-16-24-40(41)51(38-20-12-8-13-21-38)39-22-14-9-15-23-39/h7,10-11,17-18,25-29,38-40H,8-9,12-16,19-24H2,1-6H3. The lowest BCUT2D eigenvalue weighted by atomic mass is 9.86. The summed E-state index contributed by atoms with van der Waals surface area (Å²) >= 11 is 8.54. The lowest BCUT2D eigenvalue weighted by Crippen LogP contribution is -2.35. The van der Waals surface area contributed by atoms with E-state index in [0.29, 0.717) is 5.66 Å². The van der Waals surface area contributed by atoms with E-state index in [-0.39, 0.29) is 7.92 Å². The number of anilines is 2. The number of aryl methyl sites for hydroxylation is 6. The van der Waals surface area contributed by atoms with E-state index in [4.69, 9.17) is 0 Å². The van der Waals surface area contributed by atoms with E-state index < -0.39 is 0 Å². The predicted molar refractivity (Wildman–Crippen MR) is 231 cm³/mol. The second-order valence-corrected chi connectivity index (χ2v) is 20.5. The molecule has 3 fully saturated rings. The van der Waals surface area contributed by atoms with Crippen LogP contribution in [0, 0.1) is 41.5 Å². The second-order valence-electron chi connectivity index (χ2n) is 16.0. The fraction of sp³-hybridized carbons (Fsp3) is 0.478. The molecule has 0 bridgehead atoms. The minimum atomic E-state index is -0.218. The van der Waals surface area contributed by atoms with Gasteiger partial charge in [-0.15, -0.1) is 0 Å². The maximum Gasteiger partial charge on any atom is 0.127 e. The summed E-state index contributed by atoms with van der Waals surface area (Å²) in [5, 5.41) is 0. The molecule has 3 aromatic carbocycles. The molecule has 0 N–H and O–H groups in total. The highest BCUT2D eigenvalue weighted by Gasteiger charge is 2.46. The lowest BCUT2D eigenvalue weighted by molar-refractivity contribution is 0.479. The summed E-state index contributed by atoms with van der Waals surface area (Å²) in [4.78, 5) is 5.24. The number of rotatable bonds is 6. The van der Waals surface area contributed by atoms with Crippen LogP contribution in [0.25, 0.3) is 6.08 Å². The minimum absolute atomic E-state index is 0.218. The van der Waals surface area contributed by atoms with Crippen LogP contribution in [0.1, 0.15) is 122 Å². The third kappa shape index (κ3) is 7.50. The molecule has 5 heteroatoms. The van der Waals surface area contributed by atoms with Crippen molar-refractivity contribution in [1.29, 1.82) is 0 Å². The second kappa shape index (κ2) is 16.1. The van der Waals surface area contributed by atoms with Crippen LogP contribution in [0.5, 0.6) is 0 Å².